The molecule has 0 N–H and O–H groups in total. The molecule has 0 unspecified atom stereocenters. The molecule has 3 heterocycles. The van der Waals surface area contributed by atoms with Crippen LogP contribution in [0.1, 0.15) is 11.3 Å². The third-order valence-electron chi connectivity index (χ3n) is 4.04. The van der Waals surface area contributed by atoms with Crippen molar-refractivity contribution < 1.29 is 13.2 Å². The third kappa shape index (κ3) is 2.72. The molecule has 0 spiro atoms. The van der Waals surface area contributed by atoms with Crippen LogP contribution in [0, 0.1) is 6.92 Å². The van der Waals surface area contributed by atoms with Crippen molar-refractivity contribution in [2.45, 2.75) is 13.1 Å². The molecule has 4 aromatic rings. The minimum absolute atomic E-state index is 0.234. The highest BCUT2D eigenvalue weighted by molar-refractivity contribution is 6.30. The van der Waals surface area contributed by atoms with Crippen molar-refractivity contribution in [3.63, 3.8) is 0 Å². The molecule has 1 aromatic carbocycles. The van der Waals surface area contributed by atoms with E-state index in [1.54, 1.807) is 41.8 Å². The van der Waals surface area contributed by atoms with Gasteiger partial charge in [-0.15, -0.1) is 0 Å². The van der Waals surface area contributed by atoms with E-state index in [-0.39, 0.29) is 5.65 Å². The second kappa shape index (κ2) is 5.46. The van der Waals surface area contributed by atoms with Crippen LogP contribution in [0.25, 0.3) is 27.9 Å². The van der Waals surface area contributed by atoms with Crippen molar-refractivity contribution in [2.24, 2.45) is 0 Å². The lowest BCUT2D eigenvalue weighted by molar-refractivity contribution is -0.141. The number of alkyl halides is 3. The van der Waals surface area contributed by atoms with E-state index in [2.05, 4.69) is 9.97 Å². The smallest absolute Gasteiger partial charge is 0.283 e. The molecular weight excluding hydrogens is 351 g/mol. The number of aryl methyl sites for hydroxylation is 1. The Morgan fingerprint density at radius 3 is 2.40 bits per heavy atom. The number of halogens is 4. The first kappa shape index (κ1) is 15.9. The van der Waals surface area contributed by atoms with Gasteiger partial charge in [0, 0.05) is 22.2 Å². The zero-order valence-corrected chi connectivity index (χ0v) is 13.7. The molecule has 7 heteroatoms. The first-order valence-electron chi connectivity index (χ1n) is 7.45. The molecule has 0 aliphatic heterocycles. The molecule has 0 amide bonds. The lowest BCUT2D eigenvalue weighted by atomic mass is 10.1. The summed E-state index contributed by atoms with van der Waals surface area (Å²) < 4.78 is 40.9. The summed E-state index contributed by atoms with van der Waals surface area (Å²) in [4.78, 5) is 8.32. The predicted octanol–water partition coefficient (Wildman–Crippen LogP) is 5.53. The van der Waals surface area contributed by atoms with Crippen LogP contribution in [0.15, 0.2) is 48.7 Å². The highest BCUT2D eigenvalue weighted by atomic mass is 35.5. The number of benzene rings is 1. The van der Waals surface area contributed by atoms with E-state index >= 15 is 0 Å². The molecule has 3 aromatic heterocycles. The number of hydrogen-bond donors (Lipinski definition) is 0. The van der Waals surface area contributed by atoms with Crippen molar-refractivity contribution in [3.8, 4) is 11.3 Å². The SMILES string of the molecule is Cc1cc(C(F)(F)F)nc2c1ccc1nc(-c3ccc(Cl)cc3)cn12. The molecule has 0 fully saturated rings. The van der Waals surface area contributed by atoms with Gasteiger partial charge in [-0.2, -0.15) is 13.2 Å². The van der Waals surface area contributed by atoms with Gasteiger partial charge in [0.1, 0.15) is 17.0 Å². The largest absolute Gasteiger partial charge is 0.433 e. The summed E-state index contributed by atoms with van der Waals surface area (Å²) in [6, 6.07) is 11.7. The van der Waals surface area contributed by atoms with Gasteiger partial charge in [-0.25, -0.2) is 9.97 Å². The maximum atomic E-state index is 13.1. The molecule has 3 nitrogen and oxygen atoms in total. The van der Waals surface area contributed by atoms with Crippen LogP contribution in [0.3, 0.4) is 0 Å². The first-order chi connectivity index (χ1) is 11.8. The molecule has 0 aliphatic carbocycles. The molecule has 0 saturated heterocycles. The topological polar surface area (TPSA) is 30.2 Å². The van der Waals surface area contributed by atoms with Crippen LogP contribution in [0.4, 0.5) is 13.2 Å². The van der Waals surface area contributed by atoms with Gasteiger partial charge in [0.05, 0.1) is 5.69 Å². The Hall–Kier alpha value is -2.60. The van der Waals surface area contributed by atoms with Gasteiger partial charge in [0.2, 0.25) is 0 Å². The molecule has 4 rings (SSSR count). The second-order valence-electron chi connectivity index (χ2n) is 5.75. The van der Waals surface area contributed by atoms with Crippen LogP contribution in [-0.4, -0.2) is 14.4 Å². The van der Waals surface area contributed by atoms with Crippen LogP contribution >= 0.6 is 11.6 Å². The fourth-order valence-electron chi connectivity index (χ4n) is 2.80. The summed E-state index contributed by atoms with van der Waals surface area (Å²) in [6.07, 6.45) is -2.81. The lowest BCUT2D eigenvalue weighted by Gasteiger charge is -2.10. The highest BCUT2D eigenvalue weighted by Gasteiger charge is 2.33. The fraction of sp³-hybridized carbons (Fsp3) is 0.111. The molecule has 0 radical (unpaired) electrons. The van der Waals surface area contributed by atoms with Crippen molar-refractivity contribution in [1.82, 2.24) is 14.4 Å². The highest BCUT2D eigenvalue weighted by Crippen LogP contribution is 2.31. The predicted molar refractivity (Wildman–Crippen MR) is 90.7 cm³/mol. The van der Waals surface area contributed by atoms with Gasteiger partial charge < -0.3 is 0 Å². The Morgan fingerprint density at radius 2 is 1.72 bits per heavy atom. The van der Waals surface area contributed by atoms with E-state index < -0.39 is 11.9 Å². The Bertz CT molecular complexity index is 1100. The van der Waals surface area contributed by atoms with E-state index in [1.807, 2.05) is 12.1 Å². The molecular formula is C18H11ClF3N3. The summed E-state index contributed by atoms with van der Waals surface area (Å²) >= 11 is 5.89. The van der Waals surface area contributed by atoms with E-state index in [1.165, 1.54) is 0 Å². The Labute approximate surface area is 145 Å². The van der Waals surface area contributed by atoms with Crippen molar-refractivity contribution in [2.75, 3.05) is 0 Å². The molecule has 0 saturated carbocycles. The fourth-order valence-corrected chi connectivity index (χ4v) is 2.93. The minimum atomic E-state index is -4.50. The zero-order valence-electron chi connectivity index (χ0n) is 13.0. The van der Waals surface area contributed by atoms with Crippen LogP contribution in [0.5, 0.6) is 0 Å². The average molecular weight is 362 g/mol. The van der Waals surface area contributed by atoms with Gasteiger partial charge >= 0.3 is 6.18 Å². The van der Waals surface area contributed by atoms with E-state index in [0.717, 1.165) is 11.6 Å². The lowest BCUT2D eigenvalue weighted by Crippen LogP contribution is -2.09. The van der Waals surface area contributed by atoms with Crippen molar-refractivity contribution in [3.05, 3.63) is 64.9 Å². The van der Waals surface area contributed by atoms with Gasteiger partial charge in [0.25, 0.3) is 0 Å². The van der Waals surface area contributed by atoms with Crippen molar-refractivity contribution >= 4 is 28.3 Å². The summed E-state index contributed by atoms with van der Waals surface area (Å²) in [6.45, 7) is 1.64. The average Bonchev–Trinajstić information content (AvgIpc) is 2.99. The number of pyridine rings is 2. The van der Waals surface area contributed by atoms with Crippen LogP contribution in [-0.2, 0) is 6.18 Å². The Morgan fingerprint density at radius 1 is 1.00 bits per heavy atom. The molecule has 0 aliphatic rings. The second-order valence-corrected chi connectivity index (χ2v) is 6.19. The van der Waals surface area contributed by atoms with Gasteiger partial charge in [-0.3, -0.25) is 4.40 Å². The molecule has 25 heavy (non-hydrogen) atoms. The number of aromatic nitrogens is 3. The molecule has 0 bridgehead atoms. The van der Waals surface area contributed by atoms with Gasteiger partial charge in [-0.05, 0) is 42.8 Å². The number of hydrogen-bond acceptors (Lipinski definition) is 2. The molecule has 0 atom stereocenters. The van der Waals surface area contributed by atoms with E-state index in [9.17, 15) is 13.2 Å². The maximum absolute atomic E-state index is 13.1. The van der Waals surface area contributed by atoms with Gasteiger partial charge in [0.15, 0.2) is 0 Å². The Kier molecular flexibility index (Phi) is 3.47. The van der Waals surface area contributed by atoms with Crippen LogP contribution in [0.2, 0.25) is 5.02 Å². The summed E-state index contributed by atoms with van der Waals surface area (Å²) in [5, 5.41) is 1.26. The summed E-state index contributed by atoms with van der Waals surface area (Å²) in [5.74, 6) is 0. The first-order valence-corrected chi connectivity index (χ1v) is 7.83. The summed E-state index contributed by atoms with van der Waals surface area (Å²) in [5.41, 5.74) is 1.83. The normalized spacial score (nSPS) is 12.2. The maximum Gasteiger partial charge on any atom is 0.433 e. The minimum Gasteiger partial charge on any atom is -0.283 e. The number of rotatable bonds is 1. The van der Waals surface area contributed by atoms with Gasteiger partial charge in [-0.1, -0.05) is 23.7 Å². The van der Waals surface area contributed by atoms with E-state index in [4.69, 9.17) is 11.6 Å². The van der Waals surface area contributed by atoms with Crippen molar-refractivity contribution in [1.29, 1.82) is 0 Å². The van der Waals surface area contributed by atoms with E-state index in [0.29, 0.717) is 27.3 Å². The quantitative estimate of drug-likeness (QED) is 0.446. The standard InChI is InChI=1S/C18H11ClF3N3/c1-10-8-15(18(20,21)22)24-17-13(10)6-7-16-23-14(9-25(16)17)11-2-4-12(19)5-3-11/h2-9H,1H3. The number of nitrogens with zero attached hydrogens (tertiary/aromatic N) is 3. The third-order valence-corrected chi connectivity index (χ3v) is 4.29. The molecule has 126 valence electrons. The Balaban J connectivity index is 1.99. The monoisotopic (exact) mass is 361 g/mol. The zero-order chi connectivity index (χ0) is 17.8. The number of fused-ring (bicyclic) bond motifs is 3. The van der Waals surface area contributed by atoms with Crippen LogP contribution < -0.4 is 0 Å². The number of imidazole rings is 1. The summed E-state index contributed by atoms with van der Waals surface area (Å²) in [7, 11) is 0.